The Morgan fingerprint density at radius 2 is 2.04 bits per heavy atom. The SMILES string of the molecule is CCn1c(CN2CCC3(CCN(C)C3)C2)nc2c(F)cccc21. The Labute approximate surface area is 136 Å². The number of rotatable bonds is 3. The Kier molecular flexibility index (Phi) is 3.65. The Balaban J connectivity index is 1.58. The van der Waals surface area contributed by atoms with Crippen LogP contribution in [0.5, 0.6) is 0 Å². The summed E-state index contributed by atoms with van der Waals surface area (Å²) in [5.41, 5.74) is 1.90. The van der Waals surface area contributed by atoms with Crippen molar-refractivity contribution in [1.29, 1.82) is 0 Å². The standard InChI is InChI=1S/C18H25FN4/c1-3-23-15-6-4-5-14(19)17(15)20-16(23)11-22-10-8-18(13-22)7-9-21(2)12-18/h4-6H,3,7-13H2,1-2H3. The highest BCUT2D eigenvalue weighted by Crippen LogP contribution is 2.39. The van der Waals surface area contributed by atoms with Gasteiger partial charge in [-0.2, -0.15) is 0 Å². The average molecular weight is 316 g/mol. The summed E-state index contributed by atoms with van der Waals surface area (Å²) in [5.74, 6) is 0.780. The highest BCUT2D eigenvalue weighted by molar-refractivity contribution is 5.76. The second-order valence-corrected chi connectivity index (χ2v) is 7.33. The molecule has 1 spiro atoms. The molecule has 5 heteroatoms. The largest absolute Gasteiger partial charge is 0.327 e. The second kappa shape index (κ2) is 5.56. The second-order valence-electron chi connectivity index (χ2n) is 7.33. The first-order valence-corrected chi connectivity index (χ1v) is 8.65. The lowest BCUT2D eigenvalue weighted by molar-refractivity contribution is 0.245. The van der Waals surface area contributed by atoms with Gasteiger partial charge in [-0.05, 0) is 57.5 Å². The zero-order valence-corrected chi connectivity index (χ0v) is 14.1. The van der Waals surface area contributed by atoms with Crippen molar-refractivity contribution in [2.75, 3.05) is 33.2 Å². The van der Waals surface area contributed by atoms with E-state index in [0.29, 0.717) is 10.9 Å². The van der Waals surface area contributed by atoms with Gasteiger partial charge in [-0.1, -0.05) is 6.07 Å². The summed E-state index contributed by atoms with van der Waals surface area (Å²) >= 11 is 0. The van der Waals surface area contributed by atoms with Crippen molar-refractivity contribution in [2.24, 2.45) is 5.41 Å². The minimum absolute atomic E-state index is 0.216. The van der Waals surface area contributed by atoms with Crippen molar-refractivity contribution in [3.8, 4) is 0 Å². The number of benzene rings is 1. The lowest BCUT2D eigenvalue weighted by atomic mass is 9.86. The lowest BCUT2D eigenvalue weighted by Crippen LogP contribution is -2.30. The Bertz CT molecular complexity index is 725. The minimum atomic E-state index is -0.216. The predicted molar refractivity (Wildman–Crippen MR) is 89.8 cm³/mol. The Hall–Kier alpha value is -1.46. The molecule has 4 rings (SSSR count). The maximum atomic E-state index is 14.0. The topological polar surface area (TPSA) is 24.3 Å². The maximum absolute atomic E-state index is 14.0. The van der Waals surface area contributed by atoms with Gasteiger partial charge in [0.05, 0.1) is 12.1 Å². The number of hydrogen-bond acceptors (Lipinski definition) is 3. The maximum Gasteiger partial charge on any atom is 0.151 e. The molecule has 23 heavy (non-hydrogen) atoms. The number of nitrogens with zero attached hydrogens (tertiary/aromatic N) is 4. The van der Waals surface area contributed by atoms with Crippen LogP contribution in [0, 0.1) is 11.2 Å². The van der Waals surface area contributed by atoms with E-state index in [4.69, 9.17) is 0 Å². The third-order valence-electron chi connectivity index (χ3n) is 5.64. The highest BCUT2D eigenvalue weighted by atomic mass is 19.1. The van der Waals surface area contributed by atoms with E-state index in [1.54, 1.807) is 6.07 Å². The normalized spacial score (nSPS) is 26.0. The fourth-order valence-electron chi connectivity index (χ4n) is 4.49. The van der Waals surface area contributed by atoms with Crippen LogP contribution in [0.3, 0.4) is 0 Å². The fourth-order valence-corrected chi connectivity index (χ4v) is 4.49. The quantitative estimate of drug-likeness (QED) is 0.870. The van der Waals surface area contributed by atoms with Crippen LogP contribution in [0.2, 0.25) is 0 Å². The van der Waals surface area contributed by atoms with Crippen molar-refractivity contribution in [2.45, 2.75) is 32.9 Å². The van der Waals surface area contributed by atoms with Crippen molar-refractivity contribution in [3.63, 3.8) is 0 Å². The molecule has 124 valence electrons. The van der Waals surface area contributed by atoms with Crippen molar-refractivity contribution >= 4 is 11.0 Å². The van der Waals surface area contributed by atoms with Gasteiger partial charge in [0, 0.05) is 19.6 Å². The number of aromatic nitrogens is 2. The van der Waals surface area contributed by atoms with Crippen LogP contribution in [0.1, 0.15) is 25.6 Å². The first kappa shape index (κ1) is 15.1. The molecule has 4 nitrogen and oxygen atoms in total. The minimum Gasteiger partial charge on any atom is -0.327 e. The predicted octanol–water partition coefficient (Wildman–Crippen LogP) is 2.72. The van der Waals surface area contributed by atoms with E-state index in [-0.39, 0.29) is 5.82 Å². The number of fused-ring (bicyclic) bond motifs is 1. The van der Waals surface area contributed by atoms with Crippen LogP contribution in [0.4, 0.5) is 4.39 Å². The molecule has 0 radical (unpaired) electrons. The molecule has 0 amide bonds. The zero-order valence-electron chi connectivity index (χ0n) is 14.1. The fraction of sp³-hybridized carbons (Fsp3) is 0.611. The number of halogens is 1. The third kappa shape index (κ3) is 2.56. The first-order valence-electron chi connectivity index (χ1n) is 8.65. The summed E-state index contributed by atoms with van der Waals surface area (Å²) in [6.07, 6.45) is 2.58. The molecule has 1 atom stereocenters. The Morgan fingerprint density at radius 1 is 1.22 bits per heavy atom. The van der Waals surface area contributed by atoms with Crippen LogP contribution >= 0.6 is 0 Å². The summed E-state index contributed by atoms with van der Waals surface area (Å²) < 4.78 is 16.2. The van der Waals surface area contributed by atoms with Crippen LogP contribution < -0.4 is 0 Å². The molecule has 3 heterocycles. The molecular weight excluding hydrogens is 291 g/mol. The molecule has 0 N–H and O–H groups in total. The molecule has 2 saturated heterocycles. The van der Waals surface area contributed by atoms with E-state index in [0.717, 1.165) is 37.5 Å². The van der Waals surface area contributed by atoms with Crippen LogP contribution in [0.15, 0.2) is 18.2 Å². The number of likely N-dealkylation sites (tertiary alicyclic amines) is 2. The Morgan fingerprint density at radius 3 is 2.78 bits per heavy atom. The first-order chi connectivity index (χ1) is 11.1. The van der Waals surface area contributed by atoms with E-state index in [1.165, 1.54) is 32.0 Å². The van der Waals surface area contributed by atoms with Gasteiger partial charge >= 0.3 is 0 Å². The molecule has 2 aromatic rings. The van der Waals surface area contributed by atoms with Crippen LogP contribution in [-0.4, -0.2) is 52.6 Å². The number of aryl methyl sites for hydroxylation is 1. The van der Waals surface area contributed by atoms with Gasteiger partial charge in [-0.3, -0.25) is 4.90 Å². The van der Waals surface area contributed by atoms with Crippen molar-refractivity contribution in [3.05, 3.63) is 29.8 Å². The van der Waals surface area contributed by atoms with Gasteiger partial charge < -0.3 is 9.47 Å². The summed E-state index contributed by atoms with van der Waals surface area (Å²) in [4.78, 5) is 9.56. The van der Waals surface area contributed by atoms with Gasteiger partial charge in [-0.25, -0.2) is 9.37 Å². The molecule has 2 aliphatic heterocycles. The molecule has 1 aromatic heterocycles. The van der Waals surface area contributed by atoms with Gasteiger partial charge in [0.2, 0.25) is 0 Å². The summed E-state index contributed by atoms with van der Waals surface area (Å²) in [6, 6.07) is 5.24. The van der Waals surface area contributed by atoms with Crippen LogP contribution in [-0.2, 0) is 13.1 Å². The summed E-state index contributed by atoms with van der Waals surface area (Å²) in [5, 5.41) is 0. The summed E-state index contributed by atoms with van der Waals surface area (Å²) in [6.45, 7) is 8.46. The van der Waals surface area contributed by atoms with Crippen molar-refractivity contribution < 1.29 is 4.39 Å². The molecule has 1 unspecified atom stereocenters. The number of hydrogen-bond donors (Lipinski definition) is 0. The van der Waals surface area contributed by atoms with Gasteiger partial charge in [0.25, 0.3) is 0 Å². The molecular formula is C18H25FN4. The third-order valence-corrected chi connectivity index (χ3v) is 5.64. The van der Waals surface area contributed by atoms with E-state index in [9.17, 15) is 4.39 Å². The molecule has 0 aliphatic carbocycles. The van der Waals surface area contributed by atoms with Crippen LogP contribution in [0.25, 0.3) is 11.0 Å². The lowest BCUT2D eigenvalue weighted by Gasteiger charge is -2.23. The monoisotopic (exact) mass is 316 g/mol. The summed E-state index contributed by atoms with van der Waals surface area (Å²) in [7, 11) is 2.22. The average Bonchev–Trinajstić information content (AvgIpc) is 3.19. The van der Waals surface area contributed by atoms with E-state index >= 15 is 0 Å². The van der Waals surface area contributed by atoms with Gasteiger partial charge in [-0.15, -0.1) is 0 Å². The molecule has 2 aliphatic rings. The van der Waals surface area contributed by atoms with E-state index < -0.39 is 0 Å². The van der Waals surface area contributed by atoms with E-state index in [2.05, 4.69) is 33.3 Å². The zero-order chi connectivity index (χ0) is 16.0. The molecule has 2 fully saturated rings. The number of para-hydroxylation sites is 1. The van der Waals surface area contributed by atoms with Gasteiger partial charge in [0.15, 0.2) is 5.82 Å². The van der Waals surface area contributed by atoms with E-state index in [1.807, 2.05) is 6.07 Å². The molecule has 1 aromatic carbocycles. The highest BCUT2D eigenvalue weighted by Gasteiger charge is 2.42. The van der Waals surface area contributed by atoms with Gasteiger partial charge in [0.1, 0.15) is 11.3 Å². The van der Waals surface area contributed by atoms with Crippen molar-refractivity contribution in [1.82, 2.24) is 19.4 Å². The number of imidazole rings is 1. The molecule has 0 saturated carbocycles. The smallest absolute Gasteiger partial charge is 0.151 e. The molecule has 0 bridgehead atoms.